The van der Waals surface area contributed by atoms with Gasteiger partial charge < -0.3 is 19.5 Å². The van der Waals surface area contributed by atoms with Gasteiger partial charge in [-0.2, -0.15) is 0 Å². The zero-order valence-electron chi connectivity index (χ0n) is 13.6. The highest BCUT2D eigenvalue weighted by Gasteiger charge is 2.16. The van der Waals surface area contributed by atoms with Gasteiger partial charge in [-0.1, -0.05) is 0 Å². The molecule has 6 nitrogen and oxygen atoms in total. The highest BCUT2D eigenvalue weighted by molar-refractivity contribution is 5.94. The van der Waals surface area contributed by atoms with Crippen LogP contribution in [0.4, 0.5) is 4.39 Å². The van der Waals surface area contributed by atoms with E-state index in [1.807, 2.05) is 0 Å². The van der Waals surface area contributed by atoms with Crippen LogP contribution >= 0.6 is 0 Å². The summed E-state index contributed by atoms with van der Waals surface area (Å²) in [6.45, 7) is -0.364. The van der Waals surface area contributed by atoms with Gasteiger partial charge in [-0.25, -0.2) is 9.37 Å². The molecule has 3 aromatic rings. The van der Waals surface area contributed by atoms with Crippen molar-refractivity contribution < 1.29 is 19.4 Å². The number of halogens is 1. The Hall–Kier alpha value is -2.77. The Bertz CT molecular complexity index is 892. The Morgan fingerprint density at radius 2 is 1.96 bits per heavy atom. The van der Waals surface area contributed by atoms with Crippen LogP contribution in [-0.2, 0) is 0 Å². The Kier molecular flexibility index (Phi) is 4.78. The van der Waals surface area contributed by atoms with E-state index in [2.05, 4.69) is 4.98 Å². The van der Waals surface area contributed by atoms with E-state index < -0.39 is 12.7 Å². The minimum Gasteiger partial charge on any atom is -0.394 e. The van der Waals surface area contributed by atoms with E-state index in [1.165, 1.54) is 17.0 Å². The van der Waals surface area contributed by atoms with Gasteiger partial charge in [0.15, 0.2) is 0 Å². The van der Waals surface area contributed by atoms with Gasteiger partial charge in [-0.05, 0) is 36.4 Å². The Morgan fingerprint density at radius 1 is 1.24 bits per heavy atom. The monoisotopic (exact) mass is 343 g/mol. The molecule has 0 aliphatic heterocycles. The van der Waals surface area contributed by atoms with Crippen molar-refractivity contribution in [1.82, 2.24) is 14.3 Å². The molecule has 0 bridgehead atoms. The number of nitrogens with zero attached hydrogens (tertiary/aromatic N) is 3. The number of carbonyl (C=O) groups is 1. The van der Waals surface area contributed by atoms with Gasteiger partial charge in [0.05, 0.1) is 24.0 Å². The van der Waals surface area contributed by atoms with Crippen LogP contribution in [0.1, 0.15) is 10.4 Å². The fourth-order valence-electron chi connectivity index (χ4n) is 2.56. The molecule has 1 unspecified atom stereocenters. The molecule has 1 aromatic carbocycles. The SMILES string of the molecule is CN(CC(O)CO)C(=O)c1ccc2nc(-c3ccc(F)cc3)cn2c1. The lowest BCUT2D eigenvalue weighted by atomic mass is 10.2. The smallest absolute Gasteiger partial charge is 0.255 e. The van der Waals surface area contributed by atoms with E-state index in [-0.39, 0.29) is 18.3 Å². The number of amides is 1. The third kappa shape index (κ3) is 3.67. The first kappa shape index (κ1) is 17.1. The number of hydrogen-bond acceptors (Lipinski definition) is 4. The molecule has 2 heterocycles. The Labute approximate surface area is 143 Å². The van der Waals surface area contributed by atoms with Crippen molar-refractivity contribution in [2.45, 2.75) is 6.10 Å². The number of aliphatic hydroxyl groups is 2. The van der Waals surface area contributed by atoms with Gasteiger partial charge in [0.2, 0.25) is 0 Å². The van der Waals surface area contributed by atoms with Crippen molar-refractivity contribution in [1.29, 1.82) is 0 Å². The first-order valence-corrected chi connectivity index (χ1v) is 7.77. The molecule has 1 amide bonds. The van der Waals surface area contributed by atoms with Crippen LogP contribution in [0.15, 0.2) is 48.8 Å². The van der Waals surface area contributed by atoms with E-state index in [0.29, 0.717) is 16.9 Å². The molecule has 1 atom stereocenters. The molecule has 0 saturated heterocycles. The van der Waals surface area contributed by atoms with E-state index in [1.54, 1.807) is 48.1 Å². The number of pyridine rings is 1. The highest BCUT2D eigenvalue weighted by atomic mass is 19.1. The largest absolute Gasteiger partial charge is 0.394 e. The summed E-state index contributed by atoms with van der Waals surface area (Å²) in [7, 11) is 1.56. The van der Waals surface area contributed by atoms with Crippen molar-refractivity contribution in [3.8, 4) is 11.3 Å². The number of carbonyl (C=O) groups excluding carboxylic acids is 1. The maximum absolute atomic E-state index is 13.0. The molecule has 0 saturated carbocycles. The van der Waals surface area contributed by atoms with Gasteiger partial charge in [0.1, 0.15) is 11.5 Å². The molecular weight excluding hydrogens is 325 g/mol. The van der Waals surface area contributed by atoms with Gasteiger partial charge in [0.25, 0.3) is 5.91 Å². The summed E-state index contributed by atoms with van der Waals surface area (Å²) in [5, 5.41) is 18.3. The number of aliphatic hydroxyl groups excluding tert-OH is 2. The lowest BCUT2D eigenvalue weighted by molar-refractivity contribution is 0.0520. The van der Waals surface area contributed by atoms with Crippen LogP contribution in [0, 0.1) is 5.82 Å². The molecule has 2 N–H and O–H groups in total. The molecule has 2 aromatic heterocycles. The van der Waals surface area contributed by atoms with E-state index in [0.717, 1.165) is 5.56 Å². The van der Waals surface area contributed by atoms with Crippen LogP contribution in [0.2, 0.25) is 0 Å². The fourth-order valence-corrected chi connectivity index (χ4v) is 2.56. The molecule has 0 spiro atoms. The minimum absolute atomic E-state index is 0.0398. The molecule has 0 radical (unpaired) electrons. The topological polar surface area (TPSA) is 78.1 Å². The molecule has 0 aliphatic carbocycles. The summed E-state index contributed by atoms with van der Waals surface area (Å²) >= 11 is 0. The number of rotatable bonds is 5. The minimum atomic E-state index is -0.976. The Morgan fingerprint density at radius 3 is 2.64 bits per heavy atom. The summed E-state index contributed by atoms with van der Waals surface area (Å²) in [6.07, 6.45) is 2.44. The van der Waals surface area contributed by atoms with E-state index in [9.17, 15) is 14.3 Å². The first-order chi connectivity index (χ1) is 12.0. The predicted molar refractivity (Wildman–Crippen MR) is 90.6 cm³/mol. The number of fused-ring (bicyclic) bond motifs is 1. The molecule has 130 valence electrons. The maximum atomic E-state index is 13.0. The third-order valence-corrected chi connectivity index (χ3v) is 3.88. The number of imidazole rings is 1. The molecule has 7 heteroatoms. The summed E-state index contributed by atoms with van der Waals surface area (Å²) in [5.74, 6) is -0.583. The van der Waals surface area contributed by atoms with Crippen LogP contribution in [-0.4, -0.2) is 56.7 Å². The van der Waals surface area contributed by atoms with Gasteiger partial charge in [0, 0.05) is 31.5 Å². The lowest BCUT2D eigenvalue weighted by Gasteiger charge is -2.19. The van der Waals surface area contributed by atoms with Crippen LogP contribution in [0.5, 0.6) is 0 Å². The summed E-state index contributed by atoms with van der Waals surface area (Å²) in [5.41, 5.74) is 2.55. The fraction of sp³-hybridized carbons (Fsp3) is 0.222. The van der Waals surface area contributed by atoms with Gasteiger partial charge in [-0.3, -0.25) is 4.79 Å². The van der Waals surface area contributed by atoms with Crippen LogP contribution in [0.25, 0.3) is 16.9 Å². The first-order valence-electron chi connectivity index (χ1n) is 7.77. The summed E-state index contributed by atoms with van der Waals surface area (Å²) < 4.78 is 14.8. The standard InChI is InChI=1S/C18H18FN3O3/c1-21(9-15(24)11-23)18(25)13-4-7-17-20-16(10-22(17)8-13)12-2-5-14(19)6-3-12/h2-8,10,15,23-24H,9,11H2,1H3. The van der Waals surface area contributed by atoms with Crippen molar-refractivity contribution in [3.05, 3.63) is 60.2 Å². The molecule has 0 aliphatic rings. The zero-order chi connectivity index (χ0) is 18.0. The molecule has 3 rings (SSSR count). The average Bonchev–Trinajstić information content (AvgIpc) is 3.04. The van der Waals surface area contributed by atoms with Gasteiger partial charge in [-0.15, -0.1) is 0 Å². The maximum Gasteiger partial charge on any atom is 0.255 e. The second-order valence-electron chi connectivity index (χ2n) is 5.84. The van der Waals surface area contributed by atoms with E-state index >= 15 is 0 Å². The van der Waals surface area contributed by atoms with E-state index in [4.69, 9.17) is 5.11 Å². The Balaban J connectivity index is 1.87. The second-order valence-corrected chi connectivity index (χ2v) is 5.84. The highest BCUT2D eigenvalue weighted by Crippen LogP contribution is 2.20. The number of benzene rings is 1. The quantitative estimate of drug-likeness (QED) is 0.737. The number of hydrogen-bond donors (Lipinski definition) is 2. The normalized spacial score (nSPS) is 12.3. The van der Waals surface area contributed by atoms with Crippen molar-refractivity contribution in [2.75, 3.05) is 20.2 Å². The summed E-state index contributed by atoms with van der Waals surface area (Å²) in [4.78, 5) is 18.2. The number of aromatic nitrogens is 2. The predicted octanol–water partition coefficient (Wildman–Crippen LogP) is 1.57. The molecule has 0 fully saturated rings. The van der Waals surface area contributed by atoms with Crippen LogP contribution < -0.4 is 0 Å². The molecular formula is C18H18FN3O3. The van der Waals surface area contributed by atoms with Gasteiger partial charge >= 0.3 is 0 Å². The summed E-state index contributed by atoms with van der Waals surface area (Å²) in [6, 6.07) is 9.41. The zero-order valence-corrected chi connectivity index (χ0v) is 13.6. The van der Waals surface area contributed by atoms with Crippen molar-refractivity contribution in [3.63, 3.8) is 0 Å². The van der Waals surface area contributed by atoms with Crippen LogP contribution in [0.3, 0.4) is 0 Å². The number of likely N-dealkylation sites (N-methyl/N-ethyl adjacent to an activating group) is 1. The lowest BCUT2D eigenvalue weighted by Crippen LogP contribution is -2.35. The second kappa shape index (κ2) is 7.00. The molecule has 25 heavy (non-hydrogen) atoms. The van der Waals surface area contributed by atoms with Crippen molar-refractivity contribution >= 4 is 11.6 Å². The third-order valence-electron chi connectivity index (χ3n) is 3.88. The van der Waals surface area contributed by atoms with Crippen molar-refractivity contribution in [2.24, 2.45) is 0 Å². The average molecular weight is 343 g/mol.